The van der Waals surface area contributed by atoms with Crippen molar-refractivity contribution in [1.29, 1.82) is 0 Å². The number of cyclic esters (lactones) is 1. The van der Waals surface area contributed by atoms with E-state index in [1.807, 2.05) is 45.9 Å². The first-order valence-electron chi connectivity index (χ1n) is 24.4. The number of hydrogen-bond donors (Lipinski definition) is 2. The van der Waals surface area contributed by atoms with Crippen LogP contribution in [-0.2, 0) is 54.2 Å². The fourth-order valence-electron chi connectivity index (χ4n) is 10.7. The lowest BCUT2D eigenvalue weighted by Gasteiger charge is -2.47. The predicted octanol–water partition coefficient (Wildman–Crippen LogP) is 7.32. The maximum Gasteiger partial charge on any atom is 0.329 e. The Bertz CT molecular complexity index is 1770. The number of amides is 1. The molecule has 0 spiro atoms. The number of esters is 1. The van der Waals surface area contributed by atoms with Gasteiger partial charge >= 0.3 is 5.97 Å². The average Bonchev–Trinajstić information content (AvgIpc) is 3.31. The molecule has 3 aliphatic heterocycles. The van der Waals surface area contributed by atoms with Crippen molar-refractivity contribution in [1.82, 2.24) is 10.2 Å². The van der Waals surface area contributed by atoms with Gasteiger partial charge in [-0.05, 0) is 113 Å². The molecule has 3 fully saturated rings. The van der Waals surface area contributed by atoms with Gasteiger partial charge in [0.05, 0.1) is 31.5 Å². The summed E-state index contributed by atoms with van der Waals surface area (Å²) < 4.78 is 36.5. The monoisotopic (exact) mass is 909 g/mol. The molecule has 13 nitrogen and oxygen atoms in total. The number of ketones is 2. The number of nitrogens with zero attached hydrogens (tertiary/aromatic N) is 1. The van der Waals surface area contributed by atoms with Gasteiger partial charge in [-0.3, -0.25) is 14.4 Å². The number of carbonyl (C=O) groups excluding carboxylic acids is 4. The normalized spacial score (nSPS) is 36.2. The van der Waals surface area contributed by atoms with Gasteiger partial charge in [0.2, 0.25) is 5.79 Å². The Morgan fingerprint density at radius 1 is 0.923 bits per heavy atom. The number of nitrogens with one attached hydrogen (secondary N) is 1. The van der Waals surface area contributed by atoms with Crippen molar-refractivity contribution in [2.24, 2.45) is 29.6 Å². The summed E-state index contributed by atoms with van der Waals surface area (Å²) in [6.07, 6.45) is 8.70. The molecule has 1 amide bonds. The van der Waals surface area contributed by atoms with E-state index in [1.54, 1.807) is 28.3 Å². The van der Waals surface area contributed by atoms with E-state index in [0.29, 0.717) is 71.1 Å². The molecule has 364 valence electrons. The van der Waals surface area contributed by atoms with E-state index in [-0.39, 0.29) is 54.6 Å². The van der Waals surface area contributed by atoms with E-state index < -0.39 is 59.8 Å². The zero-order valence-electron chi connectivity index (χ0n) is 40.8. The number of aliphatic hydroxyl groups is 1. The van der Waals surface area contributed by atoms with Crippen molar-refractivity contribution in [2.75, 3.05) is 41.0 Å². The number of allylic oxidation sites excluding steroid dienone is 3. The highest BCUT2D eigenvalue weighted by atomic mass is 16.7. The lowest BCUT2D eigenvalue weighted by molar-refractivity contribution is -0.302. The number of ether oxygens (including phenoxy) is 6. The number of benzene rings is 1. The fourth-order valence-corrected chi connectivity index (χ4v) is 10.7. The molecule has 4 aliphatic rings. The number of Topliss-reactive ketones (excluding diaryl/α,β-unsaturated/α-hetero) is 2. The SMILES string of the molecule is CC[C@@H]1/C=C(\C)C[C@H](C)C[C@H](OC)[C@H]2O[C@@](O)(C(=O)C(=O)N3CCCC[C@H]3C(=O)O[C@H](/C(C)=C/[C@@H]3CC[C@H](NCCOCc4ccccc4)[C@H](OC)C3)[C@H](C)CCC1=O)[C@H](C)C[C@@H]2OC. The summed E-state index contributed by atoms with van der Waals surface area (Å²) in [5.41, 5.74) is 3.11. The maximum absolute atomic E-state index is 14.5. The first kappa shape index (κ1) is 52.7. The molecule has 0 unspecified atom stereocenters. The van der Waals surface area contributed by atoms with Gasteiger partial charge in [0.15, 0.2) is 0 Å². The third-order valence-corrected chi connectivity index (χ3v) is 14.6. The molecule has 0 aromatic heterocycles. The molecule has 0 radical (unpaired) electrons. The summed E-state index contributed by atoms with van der Waals surface area (Å²) in [5, 5.41) is 15.8. The summed E-state index contributed by atoms with van der Waals surface area (Å²) >= 11 is 0. The number of piperidine rings is 1. The molecule has 1 aromatic carbocycles. The quantitative estimate of drug-likeness (QED) is 0.0934. The summed E-state index contributed by atoms with van der Waals surface area (Å²) in [7, 11) is 4.87. The lowest BCUT2D eigenvalue weighted by Crippen LogP contribution is -2.64. The molecule has 2 N–H and O–H groups in total. The van der Waals surface area contributed by atoms with Gasteiger partial charge in [-0.25, -0.2) is 4.79 Å². The van der Waals surface area contributed by atoms with Crippen molar-refractivity contribution >= 4 is 23.4 Å². The summed E-state index contributed by atoms with van der Waals surface area (Å²) in [5.74, 6) is -6.04. The van der Waals surface area contributed by atoms with Gasteiger partial charge in [-0.1, -0.05) is 75.8 Å². The maximum atomic E-state index is 14.5. The van der Waals surface area contributed by atoms with Crippen molar-refractivity contribution in [3.63, 3.8) is 0 Å². The Balaban J connectivity index is 1.39. The second kappa shape index (κ2) is 25.2. The molecule has 2 saturated heterocycles. The van der Waals surface area contributed by atoms with Crippen LogP contribution in [0, 0.1) is 29.6 Å². The third-order valence-electron chi connectivity index (χ3n) is 14.6. The highest BCUT2D eigenvalue weighted by molar-refractivity contribution is 6.39. The zero-order valence-corrected chi connectivity index (χ0v) is 40.8. The van der Waals surface area contributed by atoms with Crippen LogP contribution in [0.3, 0.4) is 0 Å². The van der Waals surface area contributed by atoms with E-state index in [9.17, 15) is 24.3 Å². The van der Waals surface area contributed by atoms with Crippen LogP contribution in [0.2, 0.25) is 0 Å². The molecule has 5 rings (SSSR count). The molecule has 1 saturated carbocycles. The van der Waals surface area contributed by atoms with Crippen LogP contribution in [0.1, 0.15) is 124 Å². The van der Waals surface area contributed by atoms with E-state index in [0.717, 1.165) is 36.0 Å². The van der Waals surface area contributed by atoms with Gasteiger partial charge < -0.3 is 43.7 Å². The highest BCUT2D eigenvalue weighted by Crippen LogP contribution is 2.39. The van der Waals surface area contributed by atoms with Crippen LogP contribution < -0.4 is 5.32 Å². The standard InChI is InChI=1S/C52H80N2O11/c1-10-40-27-33(2)26-34(3)28-45(61-8)48-46(62-9)30-37(6)52(59,65-48)49(56)50(57)54-24-15-14-18-42(54)51(58)64-47(35(4)19-22-43(40)55)36(5)29-39-20-21-41(44(31-39)60-7)53-23-25-63-32-38-16-12-11-13-17-38/h11-13,16-17,27,29,34-35,37,39-42,44-48,53,59H,10,14-15,18-26,28,30-32H2,1-9H3/b33-27+,36-29+/t34-,35+,37+,39-,40+,41-,42-,44+,45-,46-,47-,48+,52+/m0/s1. The zero-order chi connectivity index (χ0) is 47.3. The minimum absolute atomic E-state index is 0.0286. The minimum Gasteiger partial charge on any atom is -0.456 e. The number of fused-ring (bicyclic) bond motifs is 3. The molecule has 65 heavy (non-hydrogen) atoms. The molecule has 13 atom stereocenters. The van der Waals surface area contributed by atoms with Crippen LogP contribution in [0.25, 0.3) is 0 Å². The smallest absolute Gasteiger partial charge is 0.329 e. The minimum atomic E-state index is -2.47. The lowest BCUT2D eigenvalue weighted by atomic mass is 9.81. The average molecular weight is 909 g/mol. The molecular weight excluding hydrogens is 829 g/mol. The number of carbonyl (C=O) groups is 4. The van der Waals surface area contributed by atoms with Gasteiger partial charge in [0.25, 0.3) is 11.7 Å². The number of rotatable bonds is 12. The largest absolute Gasteiger partial charge is 0.456 e. The first-order valence-corrected chi connectivity index (χ1v) is 24.4. The van der Waals surface area contributed by atoms with Crippen LogP contribution >= 0.6 is 0 Å². The molecule has 2 bridgehead atoms. The fraction of sp³-hybridized carbons (Fsp3) is 0.731. The van der Waals surface area contributed by atoms with Crippen molar-refractivity contribution in [3.8, 4) is 0 Å². The number of hydrogen-bond acceptors (Lipinski definition) is 12. The van der Waals surface area contributed by atoms with Crippen LogP contribution in [0.4, 0.5) is 0 Å². The Hall–Kier alpha value is -3.30. The molecular formula is C52H80N2O11. The van der Waals surface area contributed by atoms with Crippen LogP contribution in [0.5, 0.6) is 0 Å². The molecule has 1 aliphatic carbocycles. The molecule has 1 aromatic rings. The van der Waals surface area contributed by atoms with E-state index in [1.165, 1.54) is 4.90 Å². The van der Waals surface area contributed by atoms with Crippen molar-refractivity contribution < 1.29 is 52.7 Å². The Labute approximate surface area is 388 Å². The highest BCUT2D eigenvalue weighted by Gasteiger charge is 2.56. The van der Waals surface area contributed by atoms with Crippen molar-refractivity contribution in [3.05, 3.63) is 59.2 Å². The third kappa shape index (κ3) is 13.9. The van der Waals surface area contributed by atoms with Gasteiger partial charge in [-0.2, -0.15) is 0 Å². The van der Waals surface area contributed by atoms with E-state index in [4.69, 9.17) is 28.4 Å². The first-order chi connectivity index (χ1) is 31.1. The summed E-state index contributed by atoms with van der Waals surface area (Å²) in [6.45, 7) is 13.9. The molecule has 3 heterocycles. The number of methoxy groups -OCH3 is 3. The van der Waals surface area contributed by atoms with Gasteiger partial charge in [0, 0.05) is 58.7 Å². The van der Waals surface area contributed by atoms with Crippen LogP contribution in [-0.4, -0.2) is 123 Å². The Morgan fingerprint density at radius 2 is 1.63 bits per heavy atom. The summed E-state index contributed by atoms with van der Waals surface area (Å²) in [4.78, 5) is 58.4. The second-order valence-corrected chi connectivity index (χ2v) is 19.6. The van der Waals surface area contributed by atoms with Crippen LogP contribution in [0.15, 0.2) is 53.6 Å². The van der Waals surface area contributed by atoms with E-state index in [2.05, 4.69) is 36.5 Å². The topological polar surface area (TPSA) is 159 Å². The second-order valence-electron chi connectivity index (χ2n) is 19.6. The Kier molecular flexibility index (Phi) is 20.4. The summed E-state index contributed by atoms with van der Waals surface area (Å²) in [6, 6.07) is 9.25. The van der Waals surface area contributed by atoms with Gasteiger partial charge in [0.1, 0.15) is 24.0 Å². The van der Waals surface area contributed by atoms with E-state index >= 15 is 0 Å². The van der Waals surface area contributed by atoms with Gasteiger partial charge in [-0.15, -0.1) is 0 Å². The molecule has 13 heteroatoms. The Morgan fingerprint density at radius 3 is 2.32 bits per heavy atom. The predicted molar refractivity (Wildman–Crippen MR) is 249 cm³/mol. The van der Waals surface area contributed by atoms with Crippen molar-refractivity contribution in [2.45, 2.75) is 174 Å².